The summed E-state index contributed by atoms with van der Waals surface area (Å²) in [6, 6.07) is 4.05. The number of pyridine rings is 2. The summed E-state index contributed by atoms with van der Waals surface area (Å²) in [7, 11) is 0. The van der Waals surface area contributed by atoms with Crippen LogP contribution >= 0.6 is 11.3 Å². The molecule has 134 valence electrons. The number of fused-ring (bicyclic) bond motifs is 2. The number of hydrogen-bond donors (Lipinski definition) is 0. The topological polar surface area (TPSA) is 64.7 Å². The van der Waals surface area contributed by atoms with Crippen molar-refractivity contribution < 1.29 is 4.42 Å². The summed E-state index contributed by atoms with van der Waals surface area (Å²) in [5, 5.41) is 1.10. The van der Waals surface area contributed by atoms with Gasteiger partial charge in [-0.3, -0.25) is 9.97 Å². The van der Waals surface area contributed by atoms with Crippen molar-refractivity contribution in [3.05, 3.63) is 47.3 Å². The van der Waals surface area contributed by atoms with E-state index in [9.17, 15) is 0 Å². The smallest absolute Gasteiger partial charge is 0.200 e. The maximum atomic E-state index is 5.85. The summed E-state index contributed by atoms with van der Waals surface area (Å²) >= 11 is 1.72. The molecule has 0 aliphatic rings. The first-order valence-corrected chi connectivity index (χ1v) is 9.51. The van der Waals surface area contributed by atoms with Gasteiger partial charge in [0.15, 0.2) is 5.58 Å². The van der Waals surface area contributed by atoms with E-state index in [1.807, 2.05) is 24.5 Å². The van der Waals surface area contributed by atoms with E-state index in [4.69, 9.17) is 9.40 Å². The summed E-state index contributed by atoms with van der Waals surface area (Å²) < 4.78 is 7.02. The number of hydrogen-bond acceptors (Lipinski definition) is 6. The predicted molar refractivity (Wildman–Crippen MR) is 105 cm³/mol. The lowest BCUT2D eigenvalue weighted by molar-refractivity contribution is 0.410. The minimum Gasteiger partial charge on any atom is -0.438 e. The normalized spacial score (nSPS) is 13.0. The molecule has 0 aromatic carbocycles. The van der Waals surface area contributed by atoms with Gasteiger partial charge in [-0.1, -0.05) is 34.6 Å². The van der Waals surface area contributed by atoms with Gasteiger partial charge in [-0.05, 0) is 12.1 Å². The second kappa shape index (κ2) is 5.84. The lowest BCUT2D eigenvalue weighted by atomic mass is 9.88. The highest BCUT2D eigenvalue weighted by Crippen LogP contribution is 2.34. The molecule has 0 radical (unpaired) electrons. The quantitative estimate of drug-likeness (QED) is 0.508. The summed E-state index contributed by atoms with van der Waals surface area (Å²) in [5.74, 6) is 0.740. The molecule has 0 aliphatic carbocycles. The Morgan fingerprint density at radius 3 is 2.58 bits per heavy atom. The Morgan fingerprint density at radius 1 is 1.04 bits per heavy atom. The molecule has 6 heteroatoms. The molecule has 0 N–H and O–H groups in total. The van der Waals surface area contributed by atoms with E-state index in [2.05, 4.69) is 49.6 Å². The van der Waals surface area contributed by atoms with Gasteiger partial charge in [0.05, 0.1) is 27.6 Å². The minimum absolute atomic E-state index is 0.118. The first kappa shape index (κ1) is 17.1. The number of thiazole rings is 1. The molecule has 5 nitrogen and oxygen atoms in total. The Morgan fingerprint density at radius 2 is 1.85 bits per heavy atom. The molecule has 0 spiro atoms. The van der Waals surface area contributed by atoms with Crippen molar-refractivity contribution in [2.45, 2.75) is 51.9 Å². The van der Waals surface area contributed by atoms with Gasteiger partial charge >= 0.3 is 0 Å². The SMILES string of the molecule is CC(C)(C)c1nc2cc(CC(C)(C)c3nc4cnccc4s3)ncc2o1. The average Bonchev–Trinajstić information content (AvgIpc) is 3.18. The van der Waals surface area contributed by atoms with E-state index in [1.54, 1.807) is 17.5 Å². The van der Waals surface area contributed by atoms with Crippen LogP contribution in [0.3, 0.4) is 0 Å². The maximum absolute atomic E-state index is 5.85. The van der Waals surface area contributed by atoms with Gasteiger partial charge in [0, 0.05) is 29.1 Å². The molecule has 0 unspecified atom stereocenters. The predicted octanol–water partition coefficient (Wildman–Crippen LogP) is 5.05. The third kappa shape index (κ3) is 3.09. The third-order valence-electron chi connectivity index (χ3n) is 4.37. The van der Waals surface area contributed by atoms with E-state index in [-0.39, 0.29) is 10.8 Å². The molecule has 0 saturated heterocycles. The Hall–Kier alpha value is -2.34. The zero-order valence-corrected chi connectivity index (χ0v) is 16.5. The van der Waals surface area contributed by atoms with Crippen molar-refractivity contribution in [1.29, 1.82) is 0 Å². The molecule has 0 bridgehead atoms. The number of oxazole rings is 1. The van der Waals surface area contributed by atoms with E-state index >= 15 is 0 Å². The van der Waals surface area contributed by atoms with Crippen LogP contribution < -0.4 is 0 Å². The molecule has 0 atom stereocenters. The number of nitrogens with zero attached hydrogens (tertiary/aromatic N) is 4. The van der Waals surface area contributed by atoms with Crippen LogP contribution in [0.2, 0.25) is 0 Å². The van der Waals surface area contributed by atoms with Crippen molar-refractivity contribution in [2.24, 2.45) is 0 Å². The second-order valence-electron chi connectivity index (χ2n) is 8.34. The number of aromatic nitrogens is 4. The zero-order chi connectivity index (χ0) is 18.5. The molecule has 0 fully saturated rings. The zero-order valence-electron chi connectivity index (χ0n) is 15.7. The van der Waals surface area contributed by atoms with Gasteiger partial charge in [0.2, 0.25) is 5.89 Å². The highest BCUT2D eigenvalue weighted by molar-refractivity contribution is 7.18. The van der Waals surface area contributed by atoms with Crippen LogP contribution in [0, 0.1) is 0 Å². The molecule has 0 amide bonds. The standard InChI is InChI=1S/C20H22N4OS/c1-19(2,3)17-23-13-8-12(22-11-15(13)25-17)9-20(4,5)18-24-14-10-21-7-6-16(14)26-18/h6-8,10-11H,9H2,1-5H3. The van der Waals surface area contributed by atoms with Crippen LogP contribution in [-0.2, 0) is 17.3 Å². The van der Waals surface area contributed by atoms with Crippen LogP contribution in [0.15, 0.2) is 35.1 Å². The van der Waals surface area contributed by atoms with Gasteiger partial charge in [0.1, 0.15) is 5.52 Å². The minimum atomic E-state index is -0.124. The molecule has 4 rings (SSSR count). The second-order valence-corrected chi connectivity index (χ2v) is 9.37. The van der Waals surface area contributed by atoms with Gasteiger partial charge in [-0.2, -0.15) is 0 Å². The van der Waals surface area contributed by atoms with Gasteiger partial charge in [0.25, 0.3) is 0 Å². The monoisotopic (exact) mass is 366 g/mol. The summed E-state index contributed by atoms with van der Waals surface area (Å²) in [6.45, 7) is 10.7. The fourth-order valence-electron chi connectivity index (χ4n) is 2.89. The highest BCUT2D eigenvalue weighted by atomic mass is 32.1. The highest BCUT2D eigenvalue weighted by Gasteiger charge is 2.27. The lowest BCUT2D eigenvalue weighted by Crippen LogP contribution is -2.20. The molecule has 26 heavy (non-hydrogen) atoms. The fraction of sp³-hybridized carbons (Fsp3) is 0.400. The average molecular weight is 366 g/mol. The van der Waals surface area contributed by atoms with E-state index in [0.29, 0.717) is 0 Å². The summed E-state index contributed by atoms with van der Waals surface area (Å²) in [5.41, 5.74) is 3.31. The van der Waals surface area contributed by atoms with E-state index in [1.165, 1.54) is 0 Å². The molecule has 0 saturated carbocycles. The molecule has 4 aromatic heterocycles. The van der Waals surface area contributed by atoms with Crippen LogP contribution in [-0.4, -0.2) is 19.9 Å². The molecule has 4 aromatic rings. The Bertz CT molecular complexity index is 1060. The van der Waals surface area contributed by atoms with Gasteiger partial charge in [-0.25, -0.2) is 9.97 Å². The van der Waals surface area contributed by atoms with Crippen LogP contribution in [0.5, 0.6) is 0 Å². The van der Waals surface area contributed by atoms with Crippen LogP contribution in [0.1, 0.15) is 51.2 Å². The third-order valence-corrected chi connectivity index (χ3v) is 5.77. The summed E-state index contributed by atoms with van der Waals surface area (Å²) in [6.07, 6.45) is 6.20. The maximum Gasteiger partial charge on any atom is 0.200 e. The van der Waals surface area contributed by atoms with Crippen molar-refractivity contribution in [2.75, 3.05) is 0 Å². The van der Waals surface area contributed by atoms with Gasteiger partial charge < -0.3 is 4.42 Å². The van der Waals surface area contributed by atoms with E-state index in [0.717, 1.165) is 44.3 Å². The number of rotatable bonds is 3. The first-order chi connectivity index (χ1) is 12.2. The van der Waals surface area contributed by atoms with Crippen molar-refractivity contribution >= 4 is 32.7 Å². The van der Waals surface area contributed by atoms with Crippen LogP contribution in [0.25, 0.3) is 21.3 Å². The Kier molecular flexibility index (Phi) is 3.84. The molecular weight excluding hydrogens is 344 g/mol. The fourth-order valence-corrected chi connectivity index (χ4v) is 3.92. The van der Waals surface area contributed by atoms with Gasteiger partial charge in [-0.15, -0.1) is 11.3 Å². The molecule has 4 heterocycles. The first-order valence-electron chi connectivity index (χ1n) is 8.69. The molecular formula is C20H22N4OS. The van der Waals surface area contributed by atoms with Crippen molar-refractivity contribution in [1.82, 2.24) is 19.9 Å². The van der Waals surface area contributed by atoms with Crippen LogP contribution in [0.4, 0.5) is 0 Å². The van der Waals surface area contributed by atoms with Crippen molar-refractivity contribution in [3.8, 4) is 0 Å². The van der Waals surface area contributed by atoms with E-state index < -0.39 is 0 Å². The molecule has 0 aliphatic heterocycles. The Balaban J connectivity index is 1.66. The largest absolute Gasteiger partial charge is 0.438 e. The van der Waals surface area contributed by atoms with Crippen molar-refractivity contribution in [3.63, 3.8) is 0 Å². The summed E-state index contributed by atoms with van der Waals surface area (Å²) in [4.78, 5) is 18.2. The Labute approximate surface area is 156 Å². The lowest BCUT2D eigenvalue weighted by Gasteiger charge is -2.21.